The van der Waals surface area contributed by atoms with Crippen LogP contribution in [0.15, 0.2) is 12.3 Å². The van der Waals surface area contributed by atoms with Crippen molar-refractivity contribution in [2.75, 3.05) is 6.54 Å². The average Bonchev–Trinajstić information content (AvgIpc) is 3.10. The van der Waals surface area contributed by atoms with Gasteiger partial charge in [-0.25, -0.2) is 0 Å². The van der Waals surface area contributed by atoms with Gasteiger partial charge in [0.25, 0.3) is 0 Å². The van der Waals surface area contributed by atoms with Gasteiger partial charge in [0.2, 0.25) is 0 Å². The molecule has 1 saturated carbocycles. The molecule has 3 atom stereocenters. The van der Waals surface area contributed by atoms with Crippen LogP contribution in [0.5, 0.6) is 0 Å². The van der Waals surface area contributed by atoms with Crippen LogP contribution in [0.25, 0.3) is 0 Å². The maximum atomic E-state index is 4.01. The van der Waals surface area contributed by atoms with E-state index in [0.717, 1.165) is 18.5 Å². The minimum Gasteiger partial charge on any atom is -0.314 e. The second-order valence-corrected chi connectivity index (χ2v) is 5.72. The van der Waals surface area contributed by atoms with Gasteiger partial charge in [-0.3, -0.25) is 5.10 Å². The quantitative estimate of drug-likeness (QED) is 0.761. The van der Waals surface area contributed by atoms with Crippen molar-refractivity contribution in [1.82, 2.24) is 20.8 Å². The molecule has 0 aromatic carbocycles. The molecule has 0 radical (unpaired) electrons. The first-order valence-electron chi connectivity index (χ1n) is 7.38. The van der Waals surface area contributed by atoms with Gasteiger partial charge in [-0.15, -0.1) is 0 Å². The first-order chi connectivity index (χ1) is 8.93. The Morgan fingerprint density at radius 1 is 1.22 bits per heavy atom. The number of H-pyrrole nitrogens is 1. The Kier molecular flexibility index (Phi) is 3.96. The zero-order valence-corrected chi connectivity index (χ0v) is 11.0. The number of hydrogen-bond acceptors (Lipinski definition) is 3. The summed E-state index contributed by atoms with van der Waals surface area (Å²) in [6, 6.07) is 3.49. The summed E-state index contributed by atoms with van der Waals surface area (Å²) in [6.07, 6.45) is 10.1. The Morgan fingerprint density at radius 3 is 2.94 bits per heavy atom. The normalized spacial score (nSPS) is 32.8. The maximum absolute atomic E-state index is 4.01. The lowest BCUT2D eigenvalue weighted by molar-refractivity contribution is 0.213. The molecular weight excluding hydrogens is 224 g/mol. The fraction of sp³-hybridized carbons (Fsp3) is 0.786. The second kappa shape index (κ2) is 5.85. The van der Waals surface area contributed by atoms with Crippen molar-refractivity contribution in [3.63, 3.8) is 0 Å². The smallest absolute Gasteiger partial charge is 0.0490 e. The van der Waals surface area contributed by atoms with E-state index in [-0.39, 0.29) is 0 Å². The van der Waals surface area contributed by atoms with Crippen LogP contribution in [0.4, 0.5) is 0 Å². The highest BCUT2D eigenvalue weighted by atomic mass is 15.1. The van der Waals surface area contributed by atoms with Crippen molar-refractivity contribution in [3.8, 4) is 0 Å². The van der Waals surface area contributed by atoms with E-state index in [2.05, 4.69) is 26.9 Å². The van der Waals surface area contributed by atoms with Crippen LogP contribution in [0.3, 0.4) is 0 Å². The molecule has 2 fully saturated rings. The van der Waals surface area contributed by atoms with E-state index >= 15 is 0 Å². The molecule has 1 aliphatic heterocycles. The zero-order valence-electron chi connectivity index (χ0n) is 11.0. The molecule has 2 heterocycles. The first-order valence-corrected chi connectivity index (χ1v) is 7.38. The van der Waals surface area contributed by atoms with Crippen LogP contribution < -0.4 is 10.6 Å². The molecule has 1 aliphatic carbocycles. The van der Waals surface area contributed by atoms with Crippen molar-refractivity contribution in [3.05, 3.63) is 18.0 Å². The van der Waals surface area contributed by atoms with Crippen LogP contribution in [0.1, 0.15) is 44.2 Å². The molecule has 3 rings (SSSR count). The molecule has 3 N–H and O–H groups in total. The van der Waals surface area contributed by atoms with Gasteiger partial charge >= 0.3 is 0 Å². The topological polar surface area (TPSA) is 52.7 Å². The van der Waals surface area contributed by atoms with Gasteiger partial charge in [-0.2, -0.15) is 5.10 Å². The Bertz CT molecular complexity index is 343. The van der Waals surface area contributed by atoms with Crippen LogP contribution >= 0.6 is 0 Å². The summed E-state index contributed by atoms with van der Waals surface area (Å²) in [7, 11) is 0. The number of rotatable bonds is 4. The van der Waals surface area contributed by atoms with Crippen molar-refractivity contribution >= 4 is 0 Å². The van der Waals surface area contributed by atoms with Crippen molar-refractivity contribution in [2.45, 2.75) is 57.2 Å². The largest absolute Gasteiger partial charge is 0.314 e. The summed E-state index contributed by atoms with van der Waals surface area (Å²) in [6.45, 7) is 2.14. The number of nitrogens with zero attached hydrogens (tertiary/aromatic N) is 1. The highest BCUT2D eigenvalue weighted by Gasteiger charge is 2.32. The predicted molar refractivity (Wildman–Crippen MR) is 72.2 cm³/mol. The highest BCUT2D eigenvalue weighted by molar-refractivity contribution is 4.98. The van der Waals surface area contributed by atoms with Crippen LogP contribution in [0, 0.1) is 5.92 Å². The Hall–Kier alpha value is -0.870. The second-order valence-electron chi connectivity index (χ2n) is 5.72. The van der Waals surface area contributed by atoms with E-state index in [9.17, 15) is 0 Å². The summed E-state index contributed by atoms with van der Waals surface area (Å²) < 4.78 is 0. The third-order valence-electron chi connectivity index (χ3n) is 4.55. The molecule has 1 saturated heterocycles. The number of aromatic amines is 1. The maximum Gasteiger partial charge on any atom is 0.0490 e. The van der Waals surface area contributed by atoms with Gasteiger partial charge in [-0.1, -0.05) is 12.8 Å². The van der Waals surface area contributed by atoms with Gasteiger partial charge in [0.1, 0.15) is 0 Å². The summed E-state index contributed by atoms with van der Waals surface area (Å²) >= 11 is 0. The van der Waals surface area contributed by atoms with E-state index in [1.54, 1.807) is 0 Å². The van der Waals surface area contributed by atoms with Crippen molar-refractivity contribution in [2.24, 2.45) is 5.92 Å². The zero-order chi connectivity index (χ0) is 12.2. The molecule has 4 nitrogen and oxygen atoms in total. The minimum atomic E-state index is 0.678. The van der Waals surface area contributed by atoms with E-state index < -0.39 is 0 Å². The summed E-state index contributed by atoms with van der Waals surface area (Å²) in [5.41, 5.74) is 1.19. The van der Waals surface area contributed by atoms with E-state index in [1.807, 2.05) is 6.20 Å². The van der Waals surface area contributed by atoms with Gasteiger partial charge < -0.3 is 10.6 Å². The number of aromatic nitrogens is 2. The lowest BCUT2D eigenvalue weighted by Crippen LogP contribution is -2.46. The number of nitrogens with one attached hydrogen (secondary N) is 3. The van der Waals surface area contributed by atoms with Crippen LogP contribution in [-0.4, -0.2) is 28.8 Å². The van der Waals surface area contributed by atoms with Crippen LogP contribution in [0.2, 0.25) is 0 Å². The SMILES string of the molecule is c1cc(CNC2CCCCC2C2CCCN2)[nH]n1. The average molecular weight is 248 g/mol. The molecule has 1 aromatic rings. The monoisotopic (exact) mass is 248 g/mol. The lowest BCUT2D eigenvalue weighted by atomic mass is 9.79. The molecule has 4 heteroatoms. The molecule has 0 bridgehead atoms. The standard InChI is InChI=1S/C14H24N4/c1-2-5-14(16-10-11-7-9-17-18-11)12(4-1)13-6-3-8-15-13/h7,9,12-16H,1-6,8,10H2,(H,17,18). The fourth-order valence-electron chi connectivity index (χ4n) is 3.60. The van der Waals surface area contributed by atoms with Gasteiger partial charge in [0.15, 0.2) is 0 Å². The van der Waals surface area contributed by atoms with Gasteiger partial charge in [-0.05, 0) is 44.2 Å². The third kappa shape index (κ3) is 2.75. The van der Waals surface area contributed by atoms with Gasteiger partial charge in [0, 0.05) is 30.5 Å². The molecule has 2 aliphatic rings. The lowest BCUT2D eigenvalue weighted by Gasteiger charge is -2.36. The molecule has 3 unspecified atom stereocenters. The van der Waals surface area contributed by atoms with E-state index in [0.29, 0.717) is 6.04 Å². The molecule has 1 aromatic heterocycles. The summed E-state index contributed by atoms with van der Waals surface area (Å²) in [5.74, 6) is 0.823. The molecule has 100 valence electrons. The molecular formula is C14H24N4. The van der Waals surface area contributed by atoms with Gasteiger partial charge in [0.05, 0.1) is 0 Å². The van der Waals surface area contributed by atoms with Crippen molar-refractivity contribution < 1.29 is 0 Å². The summed E-state index contributed by atoms with van der Waals surface area (Å²) in [4.78, 5) is 0. The summed E-state index contributed by atoms with van der Waals surface area (Å²) in [5, 5.41) is 14.5. The third-order valence-corrected chi connectivity index (χ3v) is 4.55. The predicted octanol–water partition coefficient (Wildman–Crippen LogP) is 1.81. The Labute approximate surface area is 109 Å². The highest BCUT2D eigenvalue weighted by Crippen LogP contribution is 2.30. The number of hydrogen-bond donors (Lipinski definition) is 3. The van der Waals surface area contributed by atoms with Crippen molar-refractivity contribution in [1.29, 1.82) is 0 Å². The molecule has 18 heavy (non-hydrogen) atoms. The minimum absolute atomic E-state index is 0.678. The molecule has 0 amide bonds. The first kappa shape index (κ1) is 12.2. The van der Waals surface area contributed by atoms with E-state index in [1.165, 1.54) is 50.8 Å². The Balaban J connectivity index is 1.57. The van der Waals surface area contributed by atoms with Crippen LogP contribution in [-0.2, 0) is 6.54 Å². The fourth-order valence-corrected chi connectivity index (χ4v) is 3.60. The Morgan fingerprint density at radius 2 is 2.17 bits per heavy atom. The molecule has 0 spiro atoms. The van der Waals surface area contributed by atoms with E-state index in [4.69, 9.17) is 0 Å².